The third-order valence-electron chi connectivity index (χ3n) is 3.58. The Labute approximate surface area is 152 Å². The first kappa shape index (κ1) is 18.7. The van der Waals surface area contributed by atoms with E-state index < -0.39 is 5.97 Å². The molecule has 1 atom stereocenters. The third-order valence-corrected chi connectivity index (χ3v) is 3.82. The molecule has 0 spiro atoms. The number of hydrogen-bond acceptors (Lipinski definition) is 3. The maximum Gasteiger partial charge on any atom is 0.331 e. The number of esters is 1. The Balaban J connectivity index is 1.71. The monoisotopic (exact) mass is 357 g/mol. The van der Waals surface area contributed by atoms with Crippen molar-refractivity contribution in [2.45, 2.75) is 12.8 Å². The molecule has 2 aromatic rings. The van der Waals surface area contributed by atoms with Gasteiger partial charge in [-0.1, -0.05) is 61.0 Å². The molecular formula is C20H20ClNO3. The highest BCUT2D eigenvalue weighted by atomic mass is 35.5. The molecule has 0 fully saturated rings. The van der Waals surface area contributed by atoms with Crippen LogP contribution in [-0.4, -0.2) is 25.0 Å². The Morgan fingerprint density at radius 3 is 2.64 bits per heavy atom. The summed E-state index contributed by atoms with van der Waals surface area (Å²) in [5.41, 5.74) is 1.93. The van der Waals surface area contributed by atoms with Crippen LogP contribution in [0.2, 0.25) is 5.02 Å². The number of ether oxygens (including phenoxy) is 1. The third kappa shape index (κ3) is 6.81. The van der Waals surface area contributed by atoms with E-state index in [4.69, 9.17) is 16.3 Å². The topological polar surface area (TPSA) is 55.4 Å². The van der Waals surface area contributed by atoms with E-state index in [2.05, 4.69) is 5.32 Å². The minimum Gasteiger partial charge on any atom is -0.452 e. The highest BCUT2D eigenvalue weighted by Crippen LogP contribution is 2.13. The van der Waals surface area contributed by atoms with Gasteiger partial charge in [-0.25, -0.2) is 4.79 Å². The summed E-state index contributed by atoms with van der Waals surface area (Å²) in [5.74, 6) is -0.720. The molecule has 0 aliphatic carbocycles. The molecule has 0 bridgehead atoms. The molecule has 0 heterocycles. The fourth-order valence-electron chi connectivity index (χ4n) is 2.18. The van der Waals surface area contributed by atoms with Crippen molar-refractivity contribution in [1.82, 2.24) is 5.32 Å². The molecule has 130 valence electrons. The largest absolute Gasteiger partial charge is 0.452 e. The summed E-state index contributed by atoms with van der Waals surface area (Å²) in [5, 5.41) is 3.35. The first-order chi connectivity index (χ1) is 12.0. The van der Waals surface area contributed by atoms with Crippen LogP contribution < -0.4 is 5.32 Å². The molecular weight excluding hydrogens is 338 g/mol. The first-order valence-corrected chi connectivity index (χ1v) is 8.34. The van der Waals surface area contributed by atoms with Crippen LogP contribution in [0, 0.1) is 0 Å². The van der Waals surface area contributed by atoms with Gasteiger partial charge in [0.15, 0.2) is 6.61 Å². The van der Waals surface area contributed by atoms with Gasteiger partial charge < -0.3 is 10.1 Å². The van der Waals surface area contributed by atoms with Crippen LogP contribution in [0.5, 0.6) is 0 Å². The molecule has 0 saturated heterocycles. The van der Waals surface area contributed by atoms with E-state index in [-0.39, 0.29) is 18.4 Å². The van der Waals surface area contributed by atoms with Gasteiger partial charge in [0, 0.05) is 17.6 Å². The molecule has 2 aromatic carbocycles. The van der Waals surface area contributed by atoms with Gasteiger partial charge in [-0.05, 0) is 35.3 Å². The van der Waals surface area contributed by atoms with E-state index in [1.807, 2.05) is 43.3 Å². The molecule has 0 unspecified atom stereocenters. The first-order valence-electron chi connectivity index (χ1n) is 7.96. The van der Waals surface area contributed by atoms with Gasteiger partial charge in [0.2, 0.25) is 0 Å². The van der Waals surface area contributed by atoms with Crippen molar-refractivity contribution in [3.63, 3.8) is 0 Å². The summed E-state index contributed by atoms with van der Waals surface area (Å²) in [6.07, 6.45) is 2.86. The van der Waals surface area contributed by atoms with Gasteiger partial charge in [-0.15, -0.1) is 0 Å². The summed E-state index contributed by atoms with van der Waals surface area (Å²) in [6.45, 7) is 2.20. The number of benzene rings is 2. The van der Waals surface area contributed by atoms with Gasteiger partial charge in [0.05, 0.1) is 0 Å². The maximum atomic E-state index is 11.8. The molecule has 0 aliphatic rings. The molecule has 5 heteroatoms. The van der Waals surface area contributed by atoms with E-state index in [1.54, 1.807) is 24.3 Å². The lowest BCUT2D eigenvalue weighted by Crippen LogP contribution is -2.31. The normalized spacial score (nSPS) is 11.9. The quantitative estimate of drug-likeness (QED) is 0.605. The molecule has 0 saturated carbocycles. The second-order valence-electron chi connectivity index (χ2n) is 5.61. The Kier molecular flexibility index (Phi) is 7.23. The zero-order valence-electron chi connectivity index (χ0n) is 13.9. The summed E-state index contributed by atoms with van der Waals surface area (Å²) >= 11 is 5.86. The lowest BCUT2D eigenvalue weighted by Gasteiger charge is -2.12. The predicted molar refractivity (Wildman–Crippen MR) is 99.3 cm³/mol. The number of carbonyl (C=O) groups excluding carboxylic acids is 2. The van der Waals surface area contributed by atoms with E-state index in [9.17, 15) is 9.59 Å². The molecule has 2 rings (SSSR count). The Morgan fingerprint density at radius 1 is 1.16 bits per heavy atom. The van der Waals surface area contributed by atoms with Gasteiger partial charge in [0.1, 0.15) is 0 Å². The summed E-state index contributed by atoms with van der Waals surface area (Å²) in [4.78, 5) is 23.4. The molecule has 0 aliphatic heterocycles. The highest BCUT2D eigenvalue weighted by molar-refractivity contribution is 6.30. The minimum atomic E-state index is -0.578. The molecule has 25 heavy (non-hydrogen) atoms. The average Bonchev–Trinajstić information content (AvgIpc) is 2.63. The lowest BCUT2D eigenvalue weighted by atomic mass is 10.0. The van der Waals surface area contributed by atoms with Crippen molar-refractivity contribution in [2.75, 3.05) is 13.2 Å². The van der Waals surface area contributed by atoms with Crippen LogP contribution in [-0.2, 0) is 14.3 Å². The highest BCUT2D eigenvalue weighted by Gasteiger charge is 2.09. The van der Waals surface area contributed by atoms with Crippen molar-refractivity contribution < 1.29 is 14.3 Å². The smallest absolute Gasteiger partial charge is 0.331 e. The molecule has 0 aromatic heterocycles. The molecule has 1 N–H and O–H groups in total. The number of rotatable bonds is 7. The maximum absolute atomic E-state index is 11.8. The zero-order chi connectivity index (χ0) is 18.1. The van der Waals surface area contributed by atoms with Crippen LogP contribution in [0.1, 0.15) is 24.0 Å². The number of nitrogens with one attached hydrogen (secondary N) is 1. The van der Waals surface area contributed by atoms with Crippen LogP contribution in [0.25, 0.3) is 6.08 Å². The van der Waals surface area contributed by atoms with Crippen LogP contribution in [0.4, 0.5) is 0 Å². The van der Waals surface area contributed by atoms with E-state index in [0.29, 0.717) is 11.6 Å². The van der Waals surface area contributed by atoms with Crippen LogP contribution >= 0.6 is 11.6 Å². The van der Waals surface area contributed by atoms with E-state index in [1.165, 1.54) is 6.08 Å². The molecule has 1 amide bonds. The number of halogens is 1. The van der Waals surface area contributed by atoms with Crippen molar-refractivity contribution >= 4 is 29.6 Å². The fourth-order valence-corrected chi connectivity index (χ4v) is 2.38. The van der Waals surface area contributed by atoms with Gasteiger partial charge in [-0.2, -0.15) is 0 Å². The standard InChI is InChI=1S/C20H20ClNO3/c1-15(17-7-3-2-4-8-17)13-22-19(23)14-25-20(24)11-10-16-6-5-9-18(21)12-16/h2-12,15H,13-14H2,1H3,(H,22,23)/b11-10+/t15-/m0/s1. The summed E-state index contributed by atoms with van der Waals surface area (Å²) in [7, 11) is 0. The van der Waals surface area contributed by atoms with Gasteiger partial charge in [-0.3, -0.25) is 4.79 Å². The SMILES string of the molecule is C[C@@H](CNC(=O)COC(=O)/C=C/c1cccc(Cl)c1)c1ccccc1. The lowest BCUT2D eigenvalue weighted by molar-refractivity contribution is -0.143. The Morgan fingerprint density at radius 2 is 1.92 bits per heavy atom. The number of hydrogen-bond donors (Lipinski definition) is 1. The minimum absolute atomic E-state index is 0.184. The Bertz CT molecular complexity index is 744. The summed E-state index contributed by atoms with van der Waals surface area (Å²) in [6, 6.07) is 17.0. The van der Waals surface area contributed by atoms with Crippen molar-refractivity contribution in [3.8, 4) is 0 Å². The van der Waals surface area contributed by atoms with Crippen LogP contribution in [0.3, 0.4) is 0 Å². The van der Waals surface area contributed by atoms with Gasteiger partial charge in [0.25, 0.3) is 5.91 Å². The zero-order valence-corrected chi connectivity index (χ0v) is 14.7. The predicted octanol–water partition coefficient (Wildman–Crippen LogP) is 3.82. The van der Waals surface area contributed by atoms with Crippen molar-refractivity contribution in [2.24, 2.45) is 0 Å². The van der Waals surface area contributed by atoms with E-state index >= 15 is 0 Å². The fraction of sp³-hybridized carbons (Fsp3) is 0.200. The van der Waals surface area contributed by atoms with Gasteiger partial charge >= 0.3 is 5.97 Å². The number of amides is 1. The van der Waals surface area contributed by atoms with Crippen molar-refractivity contribution in [3.05, 3.63) is 76.8 Å². The molecule has 0 radical (unpaired) electrons. The number of carbonyl (C=O) groups is 2. The van der Waals surface area contributed by atoms with Crippen molar-refractivity contribution in [1.29, 1.82) is 0 Å². The van der Waals surface area contributed by atoms with Crippen LogP contribution in [0.15, 0.2) is 60.7 Å². The Hall–Kier alpha value is -2.59. The second kappa shape index (κ2) is 9.64. The second-order valence-corrected chi connectivity index (χ2v) is 6.05. The summed E-state index contributed by atoms with van der Waals surface area (Å²) < 4.78 is 4.92. The average molecular weight is 358 g/mol. The molecule has 4 nitrogen and oxygen atoms in total. The van der Waals surface area contributed by atoms with E-state index in [0.717, 1.165) is 11.1 Å².